The van der Waals surface area contributed by atoms with Gasteiger partial charge in [-0.2, -0.15) is 4.31 Å². The second-order valence-corrected chi connectivity index (χ2v) is 10.1. The summed E-state index contributed by atoms with van der Waals surface area (Å²) >= 11 is 0. The number of benzene rings is 3. The minimum atomic E-state index is -3.87. The molecule has 0 aliphatic carbocycles. The van der Waals surface area contributed by atoms with Crippen LogP contribution in [-0.4, -0.2) is 44.1 Å². The summed E-state index contributed by atoms with van der Waals surface area (Å²) in [6.07, 6.45) is 2.61. The van der Waals surface area contributed by atoms with Gasteiger partial charge in [0.25, 0.3) is 0 Å². The van der Waals surface area contributed by atoms with Crippen LogP contribution in [0, 0.1) is 0 Å². The summed E-state index contributed by atoms with van der Waals surface area (Å²) in [6, 6.07) is 27.6. The van der Waals surface area contributed by atoms with Crippen molar-refractivity contribution in [3.8, 4) is 11.1 Å². The Balaban J connectivity index is 1.50. The van der Waals surface area contributed by atoms with E-state index < -0.39 is 21.2 Å². The molecule has 33 heavy (non-hydrogen) atoms. The van der Waals surface area contributed by atoms with Gasteiger partial charge in [-0.3, -0.25) is 4.79 Å². The Labute approximate surface area is 195 Å². The minimum absolute atomic E-state index is 0.0872. The van der Waals surface area contributed by atoms with Crippen LogP contribution in [-0.2, 0) is 26.0 Å². The number of ether oxygens (including phenoxy) is 1. The van der Waals surface area contributed by atoms with E-state index in [2.05, 4.69) is 36.4 Å². The van der Waals surface area contributed by atoms with Crippen LogP contribution in [0.4, 0.5) is 0 Å². The largest absolute Gasteiger partial charge is 0.468 e. The summed E-state index contributed by atoms with van der Waals surface area (Å²) in [6.45, 7) is 0.567. The van der Waals surface area contributed by atoms with Gasteiger partial charge in [-0.25, -0.2) is 8.42 Å². The van der Waals surface area contributed by atoms with Crippen molar-refractivity contribution in [1.82, 2.24) is 4.31 Å². The van der Waals surface area contributed by atoms with E-state index in [9.17, 15) is 13.2 Å². The molecule has 170 valence electrons. The van der Waals surface area contributed by atoms with Gasteiger partial charge in [0.05, 0.1) is 7.11 Å². The second-order valence-electron chi connectivity index (χ2n) is 8.03. The molecule has 6 heteroatoms. The fraction of sp³-hybridized carbons (Fsp3) is 0.222. The summed E-state index contributed by atoms with van der Waals surface area (Å²) in [4.78, 5) is 12.4. The third-order valence-corrected chi connectivity index (χ3v) is 8.11. The molecule has 1 atom stereocenters. The van der Waals surface area contributed by atoms with Crippen LogP contribution in [0.5, 0.6) is 0 Å². The van der Waals surface area contributed by atoms with Crippen LogP contribution < -0.4 is 0 Å². The number of sulfonamides is 1. The van der Waals surface area contributed by atoms with E-state index in [1.54, 1.807) is 0 Å². The lowest BCUT2D eigenvalue weighted by atomic mass is 9.97. The quantitative estimate of drug-likeness (QED) is 0.484. The summed E-state index contributed by atoms with van der Waals surface area (Å²) < 4.78 is 32.9. The molecule has 3 aromatic carbocycles. The predicted molar refractivity (Wildman–Crippen MR) is 131 cm³/mol. The molecule has 0 amide bonds. The molecular formula is C27H27NO4S. The topological polar surface area (TPSA) is 63.7 Å². The Morgan fingerprint density at radius 2 is 1.45 bits per heavy atom. The normalized spacial score (nSPS) is 15.5. The fourth-order valence-electron chi connectivity index (χ4n) is 4.10. The maximum absolute atomic E-state index is 13.3. The van der Waals surface area contributed by atoms with Crippen molar-refractivity contribution >= 4 is 21.6 Å². The molecule has 0 saturated heterocycles. The lowest BCUT2D eigenvalue weighted by Crippen LogP contribution is -2.45. The summed E-state index contributed by atoms with van der Waals surface area (Å²) in [5, 5.41) is -1.26. The first-order valence-corrected chi connectivity index (χ1v) is 12.4. The third-order valence-electron chi connectivity index (χ3n) is 5.98. The van der Waals surface area contributed by atoms with Gasteiger partial charge >= 0.3 is 5.97 Å². The van der Waals surface area contributed by atoms with Gasteiger partial charge in [-0.15, -0.1) is 0 Å². The van der Waals surface area contributed by atoms with Gasteiger partial charge < -0.3 is 4.74 Å². The molecule has 0 radical (unpaired) electrons. The van der Waals surface area contributed by atoms with Gasteiger partial charge in [0.2, 0.25) is 10.0 Å². The summed E-state index contributed by atoms with van der Waals surface area (Å²) in [7, 11) is -2.64. The van der Waals surface area contributed by atoms with Crippen molar-refractivity contribution < 1.29 is 17.9 Å². The van der Waals surface area contributed by atoms with E-state index in [4.69, 9.17) is 4.74 Å². The van der Waals surface area contributed by atoms with Crippen LogP contribution in [0.25, 0.3) is 16.7 Å². The Hall–Kier alpha value is -3.22. The van der Waals surface area contributed by atoms with Crippen LogP contribution >= 0.6 is 0 Å². The predicted octanol–water partition coefficient (Wildman–Crippen LogP) is 4.56. The van der Waals surface area contributed by atoms with E-state index in [1.165, 1.54) is 11.4 Å². The molecule has 0 fully saturated rings. The van der Waals surface area contributed by atoms with Crippen molar-refractivity contribution in [1.29, 1.82) is 0 Å². The van der Waals surface area contributed by atoms with E-state index in [0.29, 0.717) is 13.0 Å². The molecule has 0 saturated carbocycles. The maximum atomic E-state index is 13.3. The lowest BCUT2D eigenvalue weighted by Gasteiger charge is -2.29. The number of methoxy groups -OCH3 is 1. The molecule has 5 nitrogen and oxygen atoms in total. The van der Waals surface area contributed by atoms with Gasteiger partial charge in [0.15, 0.2) is 5.25 Å². The Morgan fingerprint density at radius 3 is 2.03 bits per heavy atom. The van der Waals surface area contributed by atoms with Gasteiger partial charge in [-0.1, -0.05) is 91.0 Å². The highest BCUT2D eigenvalue weighted by atomic mass is 32.2. The fourth-order valence-corrected chi connectivity index (χ4v) is 5.83. The number of rotatable bonds is 7. The molecule has 4 rings (SSSR count). The zero-order valence-corrected chi connectivity index (χ0v) is 19.4. The molecule has 1 aliphatic rings. The summed E-state index contributed by atoms with van der Waals surface area (Å²) in [5.74, 6) is -0.731. The molecular weight excluding hydrogens is 434 g/mol. The van der Waals surface area contributed by atoms with Crippen LogP contribution in [0.3, 0.4) is 0 Å². The summed E-state index contributed by atoms with van der Waals surface area (Å²) in [5.41, 5.74) is 5.27. The zero-order chi connectivity index (χ0) is 23.3. The lowest BCUT2D eigenvalue weighted by molar-refractivity contribution is -0.140. The van der Waals surface area contributed by atoms with Gasteiger partial charge in [-0.05, 0) is 34.2 Å². The average Bonchev–Trinajstić information content (AvgIpc) is 2.88. The first kappa shape index (κ1) is 23.0. The van der Waals surface area contributed by atoms with E-state index in [-0.39, 0.29) is 13.0 Å². The number of nitrogens with zero attached hydrogens (tertiary/aromatic N) is 1. The highest BCUT2D eigenvalue weighted by Gasteiger charge is 2.38. The smallest absolute Gasteiger partial charge is 0.325 e. The average molecular weight is 462 g/mol. The maximum Gasteiger partial charge on any atom is 0.325 e. The number of carbonyl (C=O) groups excluding carboxylic acids is 1. The van der Waals surface area contributed by atoms with Crippen molar-refractivity contribution in [3.05, 3.63) is 102 Å². The molecule has 0 bridgehead atoms. The number of esters is 1. The first-order chi connectivity index (χ1) is 16.0. The van der Waals surface area contributed by atoms with Gasteiger partial charge in [0, 0.05) is 19.5 Å². The zero-order valence-electron chi connectivity index (χ0n) is 18.6. The third kappa shape index (κ3) is 5.24. The van der Waals surface area contributed by atoms with Crippen molar-refractivity contribution in [2.75, 3.05) is 20.2 Å². The highest BCUT2D eigenvalue weighted by Crippen LogP contribution is 2.28. The molecule has 1 aliphatic heterocycles. The van der Waals surface area contributed by atoms with Crippen LogP contribution in [0.1, 0.15) is 17.5 Å². The van der Waals surface area contributed by atoms with Gasteiger partial charge in [0.1, 0.15) is 0 Å². The Morgan fingerprint density at radius 1 is 0.879 bits per heavy atom. The van der Waals surface area contributed by atoms with E-state index in [1.807, 2.05) is 54.6 Å². The molecule has 1 heterocycles. The first-order valence-electron chi connectivity index (χ1n) is 10.9. The number of hydrogen-bond acceptors (Lipinski definition) is 4. The van der Waals surface area contributed by atoms with Crippen molar-refractivity contribution in [2.45, 2.75) is 18.1 Å². The Kier molecular flexibility index (Phi) is 7.06. The molecule has 0 spiro atoms. The molecule has 0 N–H and O–H groups in total. The highest BCUT2D eigenvalue weighted by molar-refractivity contribution is 7.90. The van der Waals surface area contributed by atoms with E-state index >= 15 is 0 Å². The molecule has 3 aromatic rings. The monoisotopic (exact) mass is 461 g/mol. The second kappa shape index (κ2) is 10.1. The molecule has 1 unspecified atom stereocenters. The van der Waals surface area contributed by atoms with E-state index in [0.717, 1.165) is 27.8 Å². The SMILES string of the molecule is COC(=O)C(Cc1ccccc1)S(=O)(=O)N1CC=C(c2ccc(-c3ccccc3)cc2)CC1. The van der Waals surface area contributed by atoms with Crippen LogP contribution in [0.2, 0.25) is 0 Å². The molecule has 0 aromatic heterocycles. The number of hydrogen-bond donors (Lipinski definition) is 0. The minimum Gasteiger partial charge on any atom is -0.468 e. The Bertz CT molecular complexity index is 1220. The van der Waals surface area contributed by atoms with Crippen LogP contribution in [0.15, 0.2) is 91.0 Å². The van der Waals surface area contributed by atoms with Crippen molar-refractivity contribution in [2.24, 2.45) is 0 Å². The standard InChI is InChI=1S/C27H27NO4S/c1-32-27(29)26(20-21-8-4-2-5-9-21)33(30,31)28-18-16-25(17-19-28)24-14-12-23(13-15-24)22-10-6-3-7-11-22/h2-16,26H,17-20H2,1H3. The van der Waals surface area contributed by atoms with Crippen molar-refractivity contribution in [3.63, 3.8) is 0 Å². The number of carbonyl (C=O) groups is 1.